The van der Waals surface area contributed by atoms with Crippen LogP contribution in [0.15, 0.2) is 23.1 Å². The van der Waals surface area contributed by atoms with Gasteiger partial charge in [0.25, 0.3) is 0 Å². The van der Waals surface area contributed by atoms with Crippen molar-refractivity contribution >= 4 is 39.1 Å². The van der Waals surface area contributed by atoms with E-state index < -0.39 is 10.0 Å². The van der Waals surface area contributed by atoms with E-state index in [4.69, 9.17) is 23.2 Å². The van der Waals surface area contributed by atoms with Crippen molar-refractivity contribution in [3.8, 4) is 0 Å². The molecule has 1 aliphatic carbocycles. The molecule has 156 valence electrons. The van der Waals surface area contributed by atoms with E-state index in [1.165, 1.54) is 22.9 Å². The van der Waals surface area contributed by atoms with Crippen LogP contribution < -0.4 is 5.32 Å². The summed E-state index contributed by atoms with van der Waals surface area (Å²) in [6.07, 6.45) is 4.60. The number of rotatable bonds is 5. The molecule has 1 aromatic rings. The summed E-state index contributed by atoms with van der Waals surface area (Å²) in [5.41, 5.74) is 0. The van der Waals surface area contributed by atoms with Gasteiger partial charge in [0.05, 0.1) is 16.6 Å². The van der Waals surface area contributed by atoms with Gasteiger partial charge >= 0.3 is 0 Å². The van der Waals surface area contributed by atoms with Gasteiger partial charge in [-0.05, 0) is 30.9 Å². The number of hydrogen-bond acceptors (Lipinski definition) is 4. The number of benzene rings is 1. The molecule has 0 bridgehead atoms. The Kier molecular flexibility index (Phi) is 7.26. The first-order chi connectivity index (χ1) is 13.3. The summed E-state index contributed by atoms with van der Waals surface area (Å²) in [5, 5.41) is 3.39. The van der Waals surface area contributed by atoms with Crippen molar-refractivity contribution in [2.45, 2.75) is 43.5 Å². The average Bonchev–Trinajstić information content (AvgIpc) is 2.64. The van der Waals surface area contributed by atoms with Crippen LogP contribution in [0.3, 0.4) is 0 Å². The van der Waals surface area contributed by atoms with Gasteiger partial charge in [0.2, 0.25) is 15.9 Å². The summed E-state index contributed by atoms with van der Waals surface area (Å²) in [6, 6.07) is 4.92. The van der Waals surface area contributed by atoms with E-state index in [0.717, 1.165) is 19.3 Å². The molecule has 0 radical (unpaired) electrons. The summed E-state index contributed by atoms with van der Waals surface area (Å²) in [4.78, 5) is 14.3. The maximum absolute atomic E-state index is 12.9. The largest absolute Gasteiger partial charge is 0.352 e. The molecule has 1 saturated carbocycles. The molecule has 1 aromatic carbocycles. The van der Waals surface area contributed by atoms with Crippen LogP contribution in [0.25, 0.3) is 0 Å². The molecule has 1 heterocycles. The van der Waals surface area contributed by atoms with Gasteiger partial charge in [0.15, 0.2) is 0 Å². The lowest BCUT2D eigenvalue weighted by molar-refractivity contribution is -0.123. The summed E-state index contributed by atoms with van der Waals surface area (Å²) < 4.78 is 27.2. The van der Waals surface area contributed by atoms with Crippen molar-refractivity contribution in [2.24, 2.45) is 5.92 Å². The van der Waals surface area contributed by atoms with Crippen LogP contribution in [-0.2, 0) is 14.8 Å². The Bertz CT molecular complexity index is 790. The van der Waals surface area contributed by atoms with E-state index in [1.54, 1.807) is 6.07 Å². The highest BCUT2D eigenvalue weighted by atomic mass is 35.5. The van der Waals surface area contributed by atoms with Crippen LogP contribution in [0.5, 0.6) is 0 Å². The van der Waals surface area contributed by atoms with Gasteiger partial charge in [-0.25, -0.2) is 8.42 Å². The van der Waals surface area contributed by atoms with Crippen molar-refractivity contribution in [1.29, 1.82) is 0 Å². The molecule has 1 N–H and O–H groups in total. The van der Waals surface area contributed by atoms with Crippen LogP contribution in [0.2, 0.25) is 10.0 Å². The summed E-state index contributed by atoms with van der Waals surface area (Å²) >= 11 is 12.2. The Morgan fingerprint density at radius 1 is 1.11 bits per heavy atom. The van der Waals surface area contributed by atoms with Crippen molar-refractivity contribution in [2.75, 3.05) is 32.7 Å². The predicted octanol–water partition coefficient (Wildman–Crippen LogP) is 2.99. The number of amides is 1. The number of carbonyl (C=O) groups is 1. The highest BCUT2D eigenvalue weighted by Gasteiger charge is 2.32. The molecular formula is C19H27Cl2N3O3S. The highest BCUT2D eigenvalue weighted by Crippen LogP contribution is 2.31. The fraction of sp³-hybridized carbons (Fsp3) is 0.632. The third kappa shape index (κ3) is 5.00. The number of nitrogens with zero attached hydrogens (tertiary/aromatic N) is 2. The Morgan fingerprint density at radius 2 is 1.71 bits per heavy atom. The molecule has 6 nitrogen and oxygen atoms in total. The molecule has 3 rings (SSSR count). The van der Waals surface area contributed by atoms with E-state index >= 15 is 0 Å². The molecule has 0 spiro atoms. The summed E-state index contributed by atoms with van der Waals surface area (Å²) in [7, 11) is -3.76. The van der Waals surface area contributed by atoms with E-state index in [2.05, 4.69) is 12.2 Å². The van der Waals surface area contributed by atoms with Crippen LogP contribution >= 0.6 is 23.2 Å². The van der Waals surface area contributed by atoms with Gasteiger partial charge in [-0.15, -0.1) is 0 Å². The standard InChI is InChI=1S/C19H27Cl2N3O3S/c1-14-5-2-3-8-17(14)22-18(25)13-23-9-11-24(12-10-23)28(26,27)19-15(20)6-4-7-16(19)21/h4,6-7,14,17H,2-3,5,8-13H2,1H3,(H,22,25)/t14-,17+/m1/s1. The van der Waals surface area contributed by atoms with Gasteiger partial charge in [-0.1, -0.05) is 49.0 Å². The molecule has 2 fully saturated rings. The monoisotopic (exact) mass is 447 g/mol. The number of sulfonamides is 1. The predicted molar refractivity (Wildman–Crippen MR) is 111 cm³/mol. The van der Waals surface area contributed by atoms with Gasteiger partial charge < -0.3 is 5.32 Å². The quantitative estimate of drug-likeness (QED) is 0.752. The molecule has 0 unspecified atom stereocenters. The Balaban J connectivity index is 1.55. The number of piperazine rings is 1. The molecule has 2 atom stereocenters. The lowest BCUT2D eigenvalue weighted by atomic mass is 9.86. The van der Waals surface area contributed by atoms with Gasteiger partial charge in [-0.2, -0.15) is 4.31 Å². The fourth-order valence-electron chi connectivity index (χ4n) is 3.97. The van der Waals surface area contributed by atoms with Crippen molar-refractivity contribution in [3.05, 3.63) is 28.2 Å². The minimum atomic E-state index is -3.76. The smallest absolute Gasteiger partial charge is 0.246 e. The lowest BCUT2D eigenvalue weighted by Crippen LogP contribution is -2.52. The molecule has 2 aliphatic rings. The van der Waals surface area contributed by atoms with E-state index in [9.17, 15) is 13.2 Å². The normalized spacial score (nSPS) is 24.8. The summed E-state index contributed by atoms with van der Waals surface area (Å²) in [6.45, 7) is 4.08. The molecule has 0 aromatic heterocycles. The first-order valence-corrected chi connectivity index (χ1v) is 11.9. The SMILES string of the molecule is C[C@@H]1CCCC[C@@H]1NC(=O)CN1CCN(S(=O)(=O)c2c(Cl)cccc2Cl)CC1. The second-order valence-electron chi connectivity index (χ2n) is 7.67. The molecule has 9 heteroatoms. The third-order valence-corrected chi connectivity index (χ3v) is 8.53. The average molecular weight is 448 g/mol. The second kappa shape index (κ2) is 9.30. The Labute approximate surface area is 177 Å². The first kappa shape index (κ1) is 21.8. The van der Waals surface area contributed by atoms with E-state index in [1.807, 2.05) is 4.90 Å². The minimum Gasteiger partial charge on any atom is -0.352 e. The second-order valence-corrected chi connectivity index (χ2v) is 10.4. The Hall–Kier alpha value is -0.860. The number of halogens is 2. The number of nitrogens with one attached hydrogen (secondary N) is 1. The van der Waals surface area contributed by atoms with Crippen molar-refractivity contribution in [1.82, 2.24) is 14.5 Å². The zero-order valence-corrected chi connectivity index (χ0v) is 18.4. The number of hydrogen-bond donors (Lipinski definition) is 1. The molecule has 28 heavy (non-hydrogen) atoms. The Morgan fingerprint density at radius 3 is 2.32 bits per heavy atom. The lowest BCUT2D eigenvalue weighted by Gasteiger charge is -2.35. The van der Waals surface area contributed by atoms with E-state index in [-0.39, 0.29) is 26.9 Å². The van der Waals surface area contributed by atoms with Gasteiger partial charge in [0.1, 0.15) is 4.90 Å². The van der Waals surface area contributed by atoms with Crippen LogP contribution in [-0.4, -0.2) is 62.3 Å². The number of carbonyl (C=O) groups excluding carboxylic acids is 1. The molecule has 1 saturated heterocycles. The molecule has 1 amide bonds. The van der Waals surface area contributed by atoms with E-state index in [0.29, 0.717) is 38.6 Å². The molecular weight excluding hydrogens is 421 g/mol. The van der Waals surface area contributed by atoms with Crippen molar-refractivity contribution in [3.63, 3.8) is 0 Å². The van der Waals surface area contributed by atoms with Crippen LogP contribution in [0.4, 0.5) is 0 Å². The first-order valence-electron chi connectivity index (χ1n) is 9.75. The zero-order valence-electron chi connectivity index (χ0n) is 16.0. The van der Waals surface area contributed by atoms with Gasteiger partial charge in [0, 0.05) is 32.2 Å². The third-order valence-electron chi connectivity index (χ3n) is 5.67. The molecule has 1 aliphatic heterocycles. The maximum Gasteiger partial charge on any atom is 0.246 e. The van der Waals surface area contributed by atoms with Crippen LogP contribution in [0.1, 0.15) is 32.6 Å². The zero-order chi connectivity index (χ0) is 20.3. The maximum atomic E-state index is 12.9. The highest BCUT2D eigenvalue weighted by molar-refractivity contribution is 7.89. The topological polar surface area (TPSA) is 69.7 Å². The summed E-state index contributed by atoms with van der Waals surface area (Å²) in [5.74, 6) is 0.532. The van der Waals surface area contributed by atoms with Gasteiger partial charge in [-0.3, -0.25) is 9.69 Å². The van der Waals surface area contributed by atoms with Crippen LogP contribution in [0, 0.1) is 5.92 Å². The van der Waals surface area contributed by atoms with Crippen molar-refractivity contribution < 1.29 is 13.2 Å². The fourth-order valence-corrected chi connectivity index (χ4v) is 6.49. The minimum absolute atomic E-state index is 0.0178.